The zero-order valence-electron chi connectivity index (χ0n) is 5.36. The third-order valence-corrected chi connectivity index (χ3v) is 1.26. The fourth-order valence-electron chi connectivity index (χ4n) is 0.289. The Hall–Kier alpha value is -0.780. The standard InChI is InChI=1S/C5H3F3O2S/c1-2(9)3(11)4(10)5(6,7)8/h1H3. The van der Waals surface area contributed by atoms with Crippen molar-refractivity contribution in [1.29, 1.82) is 0 Å². The number of hydrogen-bond donors (Lipinski definition) is 0. The van der Waals surface area contributed by atoms with Gasteiger partial charge in [0.25, 0.3) is 5.78 Å². The van der Waals surface area contributed by atoms with Crippen LogP contribution in [-0.4, -0.2) is 22.6 Å². The largest absolute Gasteiger partial charge is 0.455 e. The molecule has 0 rings (SSSR count). The molecule has 0 N–H and O–H groups in total. The SMILES string of the molecule is CC(=O)C(=S)C(=O)C(F)(F)F. The fourth-order valence-corrected chi connectivity index (χ4v) is 0.404. The zero-order valence-corrected chi connectivity index (χ0v) is 6.18. The molecule has 0 radical (unpaired) electrons. The van der Waals surface area contributed by atoms with E-state index in [1.807, 2.05) is 0 Å². The number of Topliss-reactive ketones (excluding diaryl/α,β-unsaturated/α-hetero) is 2. The second-order valence-electron chi connectivity index (χ2n) is 1.71. The Morgan fingerprint density at radius 1 is 1.27 bits per heavy atom. The van der Waals surface area contributed by atoms with E-state index < -0.39 is 22.6 Å². The van der Waals surface area contributed by atoms with Gasteiger partial charge in [-0.25, -0.2) is 0 Å². The molecule has 2 nitrogen and oxygen atoms in total. The first-order valence-electron chi connectivity index (χ1n) is 2.43. The molecule has 0 aromatic rings. The van der Waals surface area contributed by atoms with Crippen LogP contribution in [0, 0.1) is 0 Å². The fraction of sp³-hybridized carbons (Fsp3) is 0.400. The van der Waals surface area contributed by atoms with Crippen LogP contribution in [0.2, 0.25) is 0 Å². The third kappa shape index (κ3) is 2.75. The normalized spacial score (nSPS) is 10.9. The van der Waals surface area contributed by atoms with Crippen LogP contribution in [-0.2, 0) is 9.59 Å². The minimum atomic E-state index is -5.04. The lowest BCUT2D eigenvalue weighted by molar-refractivity contribution is -0.163. The highest BCUT2D eigenvalue weighted by molar-refractivity contribution is 7.84. The van der Waals surface area contributed by atoms with Gasteiger partial charge in [0.05, 0.1) is 0 Å². The average molecular weight is 184 g/mol. The van der Waals surface area contributed by atoms with Gasteiger partial charge in [-0.3, -0.25) is 9.59 Å². The number of alkyl halides is 3. The van der Waals surface area contributed by atoms with E-state index in [1.54, 1.807) is 0 Å². The van der Waals surface area contributed by atoms with E-state index in [1.165, 1.54) is 0 Å². The first-order chi connectivity index (χ1) is 4.76. The minimum Gasteiger partial charge on any atom is -0.293 e. The molecule has 11 heavy (non-hydrogen) atoms. The van der Waals surface area contributed by atoms with Gasteiger partial charge in [-0.2, -0.15) is 13.2 Å². The van der Waals surface area contributed by atoms with Crippen LogP contribution in [0.1, 0.15) is 6.92 Å². The van der Waals surface area contributed by atoms with Crippen molar-refractivity contribution in [2.24, 2.45) is 0 Å². The van der Waals surface area contributed by atoms with Crippen molar-refractivity contribution < 1.29 is 22.8 Å². The summed E-state index contributed by atoms with van der Waals surface area (Å²) in [7, 11) is 0. The lowest BCUT2D eigenvalue weighted by Crippen LogP contribution is -2.33. The highest BCUT2D eigenvalue weighted by Gasteiger charge is 2.42. The summed E-state index contributed by atoms with van der Waals surface area (Å²) >= 11 is 3.93. The van der Waals surface area contributed by atoms with Crippen LogP contribution in [0.15, 0.2) is 0 Å². The van der Waals surface area contributed by atoms with Crippen molar-refractivity contribution in [2.75, 3.05) is 0 Å². The smallest absolute Gasteiger partial charge is 0.293 e. The van der Waals surface area contributed by atoms with Crippen LogP contribution >= 0.6 is 12.2 Å². The third-order valence-electron chi connectivity index (χ3n) is 0.783. The quantitative estimate of drug-likeness (QED) is 0.475. The molecule has 0 bridgehead atoms. The van der Waals surface area contributed by atoms with E-state index in [0.29, 0.717) is 0 Å². The summed E-state index contributed by atoms with van der Waals surface area (Å²) in [6.07, 6.45) is -5.04. The molecule has 0 saturated carbocycles. The van der Waals surface area contributed by atoms with E-state index in [4.69, 9.17) is 0 Å². The maximum absolute atomic E-state index is 11.5. The molecule has 0 aliphatic heterocycles. The summed E-state index contributed by atoms with van der Waals surface area (Å²) in [5, 5.41) is 0. The van der Waals surface area contributed by atoms with Crippen molar-refractivity contribution in [3.8, 4) is 0 Å². The lowest BCUT2D eigenvalue weighted by atomic mass is 10.2. The first-order valence-corrected chi connectivity index (χ1v) is 2.84. The number of halogens is 3. The van der Waals surface area contributed by atoms with E-state index >= 15 is 0 Å². The molecular weight excluding hydrogens is 181 g/mol. The van der Waals surface area contributed by atoms with Gasteiger partial charge in [0, 0.05) is 6.92 Å². The number of thiocarbonyl (C=S) groups is 1. The van der Waals surface area contributed by atoms with Gasteiger partial charge in [0.2, 0.25) is 0 Å². The molecular formula is C5H3F3O2S. The summed E-state index contributed by atoms with van der Waals surface area (Å²) < 4.78 is 34.4. The zero-order chi connectivity index (χ0) is 9.23. The molecule has 6 heteroatoms. The van der Waals surface area contributed by atoms with Crippen LogP contribution in [0.3, 0.4) is 0 Å². The Balaban J connectivity index is 4.53. The van der Waals surface area contributed by atoms with Crippen LogP contribution in [0.4, 0.5) is 13.2 Å². The van der Waals surface area contributed by atoms with Gasteiger partial charge in [-0.1, -0.05) is 12.2 Å². The van der Waals surface area contributed by atoms with Crippen molar-refractivity contribution in [3.05, 3.63) is 0 Å². The summed E-state index contributed by atoms with van der Waals surface area (Å²) in [6, 6.07) is 0. The predicted molar refractivity (Wildman–Crippen MR) is 34.3 cm³/mol. The van der Waals surface area contributed by atoms with Crippen molar-refractivity contribution >= 4 is 28.6 Å². The number of ketones is 2. The van der Waals surface area contributed by atoms with Gasteiger partial charge in [-0.15, -0.1) is 0 Å². The Bertz CT molecular complexity index is 218. The Morgan fingerprint density at radius 3 is 1.73 bits per heavy atom. The number of hydrogen-bond acceptors (Lipinski definition) is 3. The van der Waals surface area contributed by atoms with Crippen LogP contribution in [0.25, 0.3) is 0 Å². The molecule has 0 aliphatic rings. The predicted octanol–water partition coefficient (Wildman–Crippen LogP) is 1.08. The van der Waals surface area contributed by atoms with E-state index in [-0.39, 0.29) is 0 Å². The number of rotatable bonds is 2. The van der Waals surface area contributed by atoms with E-state index in [9.17, 15) is 22.8 Å². The minimum absolute atomic E-state index is 0.811. The van der Waals surface area contributed by atoms with Gasteiger partial charge in [0.1, 0.15) is 4.86 Å². The molecule has 0 amide bonds. The molecule has 62 valence electrons. The Morgan fingerprint density at radius 2 is 1.64 bits per heavy atom. The first kappa shape index (κ1) is 10.2. The summed E-state index contributed by atoms with van der Waals surface area (Å²) in [6.45, 7) is 0.811. The van der Waals surface area contributed by atoms with Gasteiger partial charge >= 0.3 is 6.18 Å². The van der Waals surface area contributed by atoms with Crippen LogP contribution in [0.5, 0.6) is 0 Å². The van der Waals surface area contributed by atoms with E-state index in [0.717, 1.165) is 6.92 Å². The second-order valence-corrected chi connectivity index (χ2v) is 2.12. The highest BCUT2D eigenvalue weighted by Crippen LogP contribution is 2.16. The maximum atomic E-state index is 11.5. The lowest BCUT2D eigenvalue weighted by Gasteiger charge is -2.02. The maximum Gasteiger partial charge on any atom is 0.455 e. The molecule has 0 fully saturated rings. The monoisotopic (exact) mass is 184 g/mol. The number of carbonyl (C=O) groups excluding carboxylic acids is 2. The van der Waals surface area contributed by atoms with E-state index in [2.05, 4.69) is 12.2 Å². The molecule has 0 unspecified atom stereocenters. The molecule has 0 atom stereocenters. The molecule has 0 aromatic carbocycles. The van der Waals surface area contributed by atoms with Gasteiger partial charge in [0.15, 0.2) is 5.78 Å². The summed E-state index contributed by atoms with van der Waals surface area (Å²) in [4.78, 5) is 19.1. The molecule has 0 saturated heterocycles. The highest BCUT2D eigenvalue weighted by atomic mass is 32.1. The van der Waals surface area contributed by atoms with Crippen molar-refractivity contribution in [2.45, 2.75) is 13.1 Å². The van der Waals surface area contributed by atoms with Gasteiger partial charge < -0.3 is 0 Å². The molecule has 0 heterocycles. The summed E-state index contributed by atoms with van der Waals surface area (Å²) in [5.74, 6) is -3.29. The second kappa shape index (κ2) is 3.08. The molecule has 0 aromatic heterocycles. The van der Waals surface area contributed by atoms with Gasteiger partial charge in [-0.05, 0) is 0 Å². The summed E-state index contributed by atoms with van der Waals surface area (Å²) in [5.41, 5.74) is 0. The molecule has 0 spiro atoms. The van der Waals surface area contributed by atoms with Crippen molar-refractivity contribution in [3.63, 3.8) is 0 Å². The Kier molecular flexibility index (Phi) is 2.86. The average Bonchev–Trinajstić information content (AvgIpc) is 1.82. The Labute approximate surface area is 65.4 Å². The molecule has 0 aliphatic carbocycles. The van der Waals surface area contributed by atoms with Crippen LogP contribution < -0.4 is 0 Å². The topological polar surface area (TPSA) is 34.1 Å². The van der Waals surface area contributed by atoms with Crippen molar-refractivity contribution in [1.82, 2.24) is 0 Å². The number of carbonyl (C=O) groups is 2.